The molecular weight excluding hydrogens is 322 g/mol. The number of nitrogens with zero attached hydrogens (tertiary/aromatic N) is 3. The number of benzene rings is 1. The van der Waals surface area contributed by atoms with E-state index in [2.05, 4.69) is 45.1 Å². The van der Waals surface area contributed by atoms with Gasteiger partial charge < -0.3 is 4.90 Å². The van der Waals surface area contributed by atoms with E-state index in [1.54, 1.807) is 12.4 Å². The second kappa shape index (κ2) is 8.00. The molecule has 4 rings (SSSR count). The molecule has 1 aromatic carbocycles. The van der Waals surface area contributed by atoms with Crippen LogP contribution in [-0.4, -0.2) is 46.4 Å². The SMILES string of the molecule is O=C(c1ccncc1)N1CCCC1C1CCN(Cc2ccccc2)CC1. The van der Waals surface area contributed by atoms with Crippen molar-refractivity contribution in [1.82, 2.24) is 14.8 Å². The Labute approximate surface area is 155 Å². The van der Waals surface area contributed by atoms with E-state index in [0.717, 1.165) is 44.6 Å². The van der Waals surface area contributed by atoms with E-state index in [9.17, 15) is 4.79 Å². The molecule has 2 saturated heterocycles. The Morgan fingerprint density at radius 2 is 1.69 bits per heavy atom. The predicted octanol–water partition coefficient (Wildman–Crippen LogP) is 3.60. The van der Waals surface area contributed by atoms with Gasteiger partial charge in [-0.25, -0.2) is 0 Å². The van der Waals surface area contributed by atoms with Gasteiger partial charge in [0.25, 0.3) is 5.91 Å². The summed E-state index contributed by atoms with van der Waals surface area (Å²) in [6, 6.07) is 14.8. The molecule has 0 bridgehead atoms. The highest BCUT2D eigenvalue weighted by Crippen LogP contribution is 2.32. The summed E-state index contributed by atoms with van der Waals surface area (Å²) in [4.78, 5) is 21.6. The molecule has 2 aliphatic rings. The summed E-state index contributed by atoms with van der Waals surface area (Å²) in [7, 11) is 0. The summed E-state index contributed by atoms with van der Waals surface area (Å²) in [5.41, 5.74) is 2.16. The Hall–Kier alpha value is -2.20. The molecule has 1 aromatic heterocycles. The molecule has 0 spiro atoms. The first kappa shape index (κ1) is 17.2. The normalized spacial score (nSPS) is 21.8. The smallest absolute Gasteiger partial charge is 0.254 e. The van der Waals surface area contributed by atoms with Crippen LogP contribution in [0.25, 0.3) is 0 Å². The first-order valence-electron chi connectivity index (χ1n) is 9.78. The molecule has 2 fully saturated rings. The van der Waals surface area contributed by atoms with Crippen LogP contribution in [0.5, 0.6) is 0 Å². The number of piperidine rings is 1. The lowest BCUT2D eigenvalue weighted by molar-refractivity contribution is 0.0614. The van der Waals surface area contributed by atoms with Gasteiger partial charge in [0.05, 0.1) is 0 Å². The van der Waals surface area contributed by atoms with Crippen molar-refractivity contribution in [3.63, 3.8) is 0 Å². The highest BCUT2D eigenvalue weighted by atomic mass is 16.2. The molecule has 0 N–H and O–H groups in total. The number of rotatable bonds is 4. The topological polar surface area (TPSA) is 36.4 Å². The van der Waals surface area contributed by atoms with Crippen LogP contribution in [0.2, 0.25) is 0 Å². The van der Waals surface area contributed by atoms with E-state index in [4.69, 9.17) is 0 Å². The van der Waals surface area contributed by atoms with Crippen LogP contribution < -0.4 is 0 Å². The van der Waals surface area contributed by atoms with Gasteiger partial charge in [0, 0.05) is 37.1 Å². The molecular formula is C22H27N3O. The highest BCUT2D eigenvalue weighted by Gasteiger charge is 2.36. The maximum atomic E-state index is 12.9. The Kier molecular flexibility index (Phi) is 5.30. The maximum Gasteiger partial charge on any atom is 0.254 e. The third-order valence-corrected chi connectivity index (χ3v) is 5.91. The van der Waals surface area contributed by atoms with Crippen molar-refractivity contribution in [1.29, 1.82) is 0 Å². The van der Waals surface area contributed by atoms with Crippen molar-refractivity contribution < 1.29 is 4.79 Å². The molecule has 1 unspecified atom stereocenters. The van der Waals surface area contributed by atoms with Crippen LogP contribution >= 0.6 is 0 Å². The molecule has 4 heteroatoms. The van der Waals surface area contributed by atoms with Gasteiger partial charge in [-0.2, -0.15) is 0 Å². The van der Waals surface area contributed by atoms with Crippen molar-refractivity contribution >= 4 is 5.91 Å². The molecule has 0 saturated carbocycles. The van der Waals surface area contributed by atoms with Crippen molar-refractivity contribution in [2.75, 3.05) is 19.6 Å². The summed E-state index contributed by atoms with van der Waals surface area (Å²) < 4.78 is 0. The van der Waals surface area contributed by atoms with Crippen LogP contribution in [0.1, 0.15) is 41.6 Å². The molecule has 26 heavy (non-hydrogen) atoms. The standard InChI is InChI=1S/C22H27N3O/c26-22(20-8-12-23-13-9-20)25-14-4-7-21(25)19-10-15-24(16-11-19)17-18-5-2-1-3-6-18/h1-3,5-6,8-9,12-13,19,21H,4,7,10-11,14-17H2. The quantitative estimate of drug-likeness (QED) is 0.846. The van der Waals surface area contributed by atoms with Gasteiger partial charge in [0.2, 0.25) is 0 Å². The molecule has 1 amide bonds. The molecule has 3 heterocycles. The lowest BCUT2D eigenvalue weighted by Gasteiger charge is -2.38. The minimum atomic E-state index is 0.182. The van der Waals surface area contributed by atoms with Gasteiger partial charge >= 0.3 is 0 Å². The fourth-order valence-electron chi connectivity index (χ4n) is 4.53. The Morgan fingerprint density at radius 3 is 2.42 bits per heavy atom. The van der Waals surface area contributed by atoms with Gasteiger partial charge in [0.1, 0.15) is 0 Å². The Bertz CT molecular complexity index is 711. The fraction of sp³-hybridized carbons (Fsp3) is 0.455. The molecule has 1 atom stereocenters. The van der Waals surface area contributed by atoms with Crippen molar-refractivity contribution in [3.8, 4) is 0 Å². The van der Waals surface area contributed by atoms with E-state index in [1.165, 1.54) is 18.4 Å². The van der Waals surface area contributed by atoms with Crippen LogP contribution in [0.4, 0.5) is 0 Å². The van der Waals surface area contributed by atoms with E-state index in [0.29, 0.717) is 12.0 Å². The van der Waals surface area contributed by atoms with Gasteiger partial charge in [-0.05, 0) is 62.4 Å². The van der Waals surface area contributed by atoms with Crippen LogP contribution in [0.15, 0.2) is 54.9 Å². The zero-order chi connectivity index (χ0) is 17.8. The van der Waals surface area contributed by atoms with Gasteiger partial charge in [-0.15, -0.1) is 0 Å². The summed E-state index contributed by atoms with van der Waals surface area (Å²) in [6.07, 6.45) is 8.09. The second-order valence-electron chi connectivity index (χ2n) is 7.54. The third kappa shape index (κ3) is 3.80. The highest BCUT2D eigenvalue weighted by molar-refractivity contribution is 5.94. The monoisotopic (exact) mass is 349 g/mol. The molecule has 2 aromatic rings. The first-order chi connectivity index (χ1) is 12.8. The van der Waals surface area contributed by atoms with Crippen LogP contribution in [-0.2, 0) is 6.54 Å². The average Bonchev–Trinajstić information content (AvgIpc) is 3.19. The number of likely N-dealkylation sites (tertiary alicyclic amines) is 2. The minimum Gasteiger partial charge on any atom is -0.335 e. The van der Waals surface area contributed by atoms with Gasteiger partial charge in [-0.1, -0.05) is 30.3 Å². The van der Waals surface area contributed by atoms with Gasteiger partial charge in [-0.3, -0.25) is 14.7 Å². The lowest BCUT2D eigenvalue weighted by atomic mass is 9.87. The molecule has 0 radical (unpaired) electrons. The fourth-order valence-corrected chi connectivity index (χ4v) is 4.53. The average molecular weight is 349 g/mol. The number of hydrogen-bond donors (Lipinski definition) is 0. The zero-order valence-corrected chi connectivity index (χ0v) is 15.3. The summed E-state index contributed by atoms with van der Waals surface area (Å²) >= 11 is 0. The number of carbonyl (C=O) groups is 1. The van der Waals surface area contributed by atoms with E-state index in [-0.39, 0.29) is 5.91 Å². The van der Waals surface area contributed by atoms with E-state index < -0.39 is 0 Å². The molecule has 136 valence electrons. The van der Waals surface area contributed by atoms with Crippen LogP contribution in [0.3, 0.4) is 0 Å². The number of amides is 1. The summed E-state index contributed by atoms with van der Waals surface area (Å²) in [5, 5.41) is 0. The van der Waals surface area contributed by atoms with Crippen molar-refractivity contribution in [3.05, 3.63) is 66.0 Å². The Balaban J connectivity index is 1.35. The first-order valence-corrected chi connectivity index (χ1v) is 9.78. The molecule has 4 nitrogen and oxygen atoms in total. The maximum absolute atomic E-state index is 12.9. The number of carbonyl (C=O) groups excluding carboxylic acids is 1. The number of hydrogen-bond acceptors (Lipinski definition) is 3. The Morgan fingerprint density at radius 1 is 0.962 bits per heavy atom. The van der Waals surface area contributed by atoms with Gasteiger partial charge in [0.15, 0.2) is 0 Å². The summed E-state index contributed by atoms with van der Waals surface area (Å²) in [6.45, 7) is 4.20. The van der Waals surface area contributed by atoms with Crippen molar-refractivity contribution in [2.24, 2.45) is 5.92 Å². The van der Waals surface area contributed by atoms with Crippen LogP contribution in [0, 0.1) is 5.92 Å². The molecule has 0 aliphatic carbocycles. The predicted molar refractivity (Wildman–Crippen MR) is 103 cm³/mol. The molecule has 2 aliphatic heterocycles. The lowest BCUT2D eigenvalue weighted by Crippen LogP contribution is -2.44. The zero-order valence-electron chi connectivity index (χ0n) is 15.3. The second-order valence-corrected chi connectivity index (χ2v) is 7.54. The largest absolute Gasteiger partial charge is 0.335 e. The summed E-state index contributed by atoms with van der Waals surface area (Å²) in [5.74, 6) is 0.817. The minimum absolute atomic E-state index is 0.182. The van der Waals surface area contributed by atoms with E-state index in [1.807, 2.05) is 12.1 Å². The van der Waals surface area contributed by atoms with E-state index >= 15 is 0 Å². The third-order valence-electron chi connectivity index (χ3n) is 5.91. The number of aromatic nitrogens is 1. The number of pyridine rings is 1. The van der Waals surface area contributed by atoms with Crippen molar-refractivity contribution in [2.45, 2.75) is 38.3 Å².